The second kappa shape index (κ2) is 6.65. The molecule has 22 heavy (non-hydrogen) atoms. The van der Waals surface area contributed by atoms with Crippen molar-refractivity contribution in [3.05, 3.63) is 23.9 Å². The number of nitrogens with zero attached hydrogens (tertiary/aromatic N) is 3. The van der Waals surface area contributed by atoms with Crippen LogP contribution in [0.1, 0.15) is 36.0 Å². The van der Waals surface area contributed by atoms with Crippen LogP contribution in [0.3, 0.4) is 0 Å². The Morgan fingerprint density at radius 3 is 2.59 bits per heavy atom. The summed E-state index contributed by atoms with van der Waals surface area (Å²) in [6.07, 6.45) is 6.60. The quantitative estimate of drug-likeness (QED) is 0.858. The Morgan fingerprint density at radius 2 is 2.05 bits per heavy atom. The number of aromatic nitrogens is 1. The summed E-state index contributed by atoms with van der Waals surface area (Å²) in [5, 5.41) is 0. The number of rotatable bonds is 3. The number of pyridine rings is 1. The maximum atomic E-state index is 12.5. The van der Waals surface area contributed by atoms with Crippen LogP contribution in [0.4, 0.5) is 5.82 Å². The van der Waals surface area contributed by atoms with Crippen molar-refractivity contribution in [1.29, 1.82) is 0 Å². The van der Waals surface area contributed by atoms with E-state index < -0.39 is 0 Å². The van der Waals surface area contributed by atoms with Crippen LogP contribution in [-0.2, 0) is 4.74 Å². The molecule has 120 valence electrons. The maximum Gasteiger partial charge on any atom is 0.255 e. The van der Waals surface area contributed by atoms with E-state index in [2.05, 4.69) is 4.98 Å². The number of carbonyl (C=O) groups is 1. The Kier molecular flexibility index (Phi) is 4.62. The van der Waals surface area contributed by atoms with E-state index in [4.69, 9.17) is 4.74 Å². The first-order chi connectivity index (χ1) is 10.6. The Hall–Kier alpha value is -1.62. The van der Waals surface area contributed by atoms with Crippen molar-refractivity contribution in [3.63, 3.8) is 0 Å². The molecule has 1 atom stereocenters. The minimum atomic E-state index is 0.101. The van der Waals surface area contributed by atoms with E-state index in [1.807, 2.05) is 36.0 Å². The molecule has 2 aliphatic rings. The van der Waals surface area contributed by atoms with Crippen molar-refractivity contribution in [3.8, 4) is 0 Å². The van der Waals surface area contributed by atoms with Crippen LogP contribution < -0.4 is 4.90 Å². The van der Waals surface area contributed by atoms with Gasteiger partial charge in [0.2, 0.25) is 0 Å². The van der Waals surface area contributed by atoms with Gasteiger partial charge in [0, 0.05) is 40.0 Å². The number of likely N-dealkylation sites (tertiary alicyclic amines) is 1. The molecule has 0 N–H and O–H groups in total. The lowest BCUT2D eigenvalue weighted by molar-refractivity contribution is 0.0291. The highest BCUT2D eigenvalue weighted by Crippen LogP contribution is 2.29. The third kappa shape index (κ3) is 3.24. The van der Waals surface area contributed by atoms with Crippen molar-refractivity contribution in [2.45, 2.75) is 31.8 Å². The second-order valence-electron chi connectivity index (χ2n) is 6.48. The molecular formula is C17H25N3O2. The smallest absolute Gasteiger partial charge is 0.255 e. The van der Waals surface area contributed by atoms with Gasteiger partial charge in [-0.25, -0.2) is 4.98 Å². The monoisotopic (exact) mass is 303 g/mol. The average Bonchev–Trinajstić information content (AvgIpc) is 3.09. The van der Waals surface area contributed by atoms with Crippen molar-refractivity contribution in [2.24, 2.45) is 5.92 Å². The molecule has 2 saturated heterocycles. The van der Waals surface area contributed by atoms with E-state index in [0.29, 0.717) is 17.6 Å². The number of hydrogen-bond donors (Lipinski definition) is 0. The molecule has 3 rings (SSSR count). The van der Waals surface area contributed by atoms with Gasteiger partial charge in [-0.15, -0.1) is 0 Å². The van der Waals surface area contributed by atoms with Gasteiger partial charge in [-0.1, -0.05) is 0 Å². The van der Waals surface area contributed by atoms with Crippen LogP contribution in [0, 0.1) is 5.92 Å². The number of ether oxygens (including phenoxy) is 1. The zero-order valence-electron chi connectivity index (χ0n) is 13.5. The average molecular weight is 303 g/mol. The lowest BCUT2D eigenvalue weighted by atomic mass is 9.89. The first-order valence-electron chi connectivity index (χ1n) is 8.19. The van der Waals surface area contributed by atoms with Gasteiger partial charge in [-0.05, 0) is 43.7 Å². The third-order valence-electron chi connectivity index (χ3n) is 4.77. The fraction of sp³-hybridized carbons (Fsp3) is 0.647. The molecule has 1 unspecified atom stereocenters. The summed E-state index contributed by atoms with van der Waals surface area (Å²) in [5.74, 6) is 1.60. The van der Waals surface area contributed by atoms with E-state index >= 15 is 0 Å². The zero-order valence-corrected chi connectivity index (χ0v) is 13.5. The second-order valence-corrected chi connectivity index (χ2v) is 6.48. The molecule has 0 bridgehead atoms. The minimum absolute atomic E-state index is 0.101. The summed E-state index contributed by atoms with van der Waals surface area (Å²) in [4.78, 5) is 20.8. The molecule has 5 heteroatoms. The molecule has 1 amide bonds. The number of hydrogen-bond acceptors (Lipinski definition) is 4. The molecule has 0 spiro atoms. The van der Waals surface area contributed by atoms with Crippen LogP contribution >= 0.6 is 0 Å². The SMILES string of the molecule is CN(C)c1ccc(C(=O)N2CCC(C3CCCO3)CC2)cn1. The molecule has 2 fully saturated rings. The van der Waals surface area contributed by atoms with Crippen LogP contribution in [-0.4, -0.2) is 55.7 Å². The third-order valence-corrected chi connectivity index (χ3v) is 4.77. The molecule has 3 heterocycles. The maximum absolute atomic E-state index is 12.5. The standard InChI is InChI=1S/C17H25N3O2/c1-19(2)16-6-5-14(12-18-16)17(21)20-9-7-13(8-10-20)15-4-3-11-22-15/h5-6,12-13,15H,3-4,7-11H2,1-2H3. The van der Waals surface area contributed by atoms with Crippen molar-refractivity contribution >= 4 is 11.7 Å². The van der Waals surface area contributed by atoms with Gasteiger partial charge in [-0.2, -0.15) is 0 Å². The number of piperidine rings is 1. The zero-order chi connectivity index (χ0) is 15.5. The lowest BCUT2D eigenvalue weighted by Gasteiger charge is -2.34. The first-order valence-corrected chi connectivity index (χ1v) is 8.19. The van der Waals surface area contributed by atoms with Gasteiger partial charge >= 0.3 is 0 Å². The number of anilines is 1. The molecule has 2 aliphatic heterocycles. The van der Waals surface area contributed by atoms with Crippen LogP contribution in [0.25, 0.3) is 0 Å². The van der Waals surface area contributed by atoms with E-state index in [9.17, 15) is 4.79 Å². The summed E-state index contributed by atoms with van der Waals surface area (Å²) in [6, 6.07) is 3.77. The van der Waals surface area contributed by atoms with Gasteiger partial charge in [0.15, 0.2) is 0 Å². The summed E-state index contributed by atoms with van der Waals surface area (Å²) in [7, 11) is 3.89. The Bertz CT molecular complexity index is 501. The number of amides is 1. The van der Waals surface area contributed by atoms with E-state index in [0.717, 1.165) is 38.4 Å². The lowest BCUT2D eigenvalue weighted by Crippen LogP contribution is -2.41. The highest BCUT2D eigenvalue weighted by molar-refractivity contribution is 5.94. The highest BCUT2D eigenvalue weighted by Gasteiger charge is 2.31. The molecular weight excluding hydrogens is 278 g/mol. The first kappa shape index (κ1) is 15.3. The highest BCUT2D eigenvalue weighted by atomic mass is 16.5. The van der Waals surface area contributed by atoms with Gasteiger partial charge in [0.25, 0.3) is 5.91 Å². The molecule has 0 aliphatic carbocycles. The molecule has 0 aromatic carbocycles. The predicted octanol–water partition coefficient (Wildman–Crippen LogP) is 2.18. The van der Waals surface area contributed by atoms with Crippen LogP contribution in [0.5, 0.6) is 0 Å². The summed E-state index contributed by atoms with van der Waals surface area (Å²) in [5.41, 5.74) is 0.682. The summed E-state index contributed by atoms with van der Waals surface area (Å²) in [6.45, 7) is 2.57. The molecule has 1 aromatic heterocycles. The fourth-order valence-corrected chi connectivity index (χ4v) is 3.41. The fourth-order valence-electron chi connectivity index (χ4n) is 3.41. The van der Waals surface area contributed by atoms with Gasteiger partial charge in [-0.3, -0.25) is 4.79 Å². The number of carbonyl (C=O) groups excluding carboxylic acids is 1. The van der Waals surface area contributed by atoms with E-state index in [1.54, 1.807) is 6.20 Å². The van der Waals surface area contributed by atoms with Gasteiger partial charge < -0.3 is 14.5 Å². The molecule has 0 radical (unpaired) electrons. The van der Waals surface area contributed by atoms with Gasteiger partial charge in [0.05, 0.1) is 11.7 Å². The minimum Gasteiger partial charge on any atom is -0.378 e. The molecule has 0 saturated carbocycles. The van der Waals surface area contributed by atoms with Crippen LogP contribution in [0.15, 0.2) is 18.3 Å². The van der Waals surface area contributed by atoms with Gasteiger partial charge in [0.1, 0.15) is 5.82 Å². The van der Waals surface area contributed by atoms with Crippen molar-refractivity contribution in [1.82, 2.24) is 9.88 Å². The topological polar surface area (TPSA) is 45.7 Å². The Balaban J connectivity index is 1.57. The molecule has 1 aromatic rings. The summed E-state index contributed by atoms with van der Waals surface area (Å²) >= 11 is 0. The van der Waals surface area contributed by atoms with Crippen molar-refractivity contribution < 1.29 is 9.53 Å². The van der Waals surface area contributed by atoms with E-state index in [-0.39, 0.29) is 5.91 Å². The Morgan fingerprint density at radius 1 is 1.27 bits per heavy atom. The van der Waals surface area contributed by atoms with Crippen molar-refractivity contribution in [2.75, 3.05) is 38.7 Å². The summed E-state index contributed by atoms with van der Waals surface area (Å²) < 4.78 is 5.79. The Labute approximate surface area is 132 Å². The van der Waals surface area contributed by atoms with Crippen LogP contribution in [0.2, 0.25) is 0 Å². The predicted molar refractivity (Wildman–Crippen MR) is 86.2 cm³/mol. The molecule has 5 nitrogen and oxygen atoms in total. The normalized spacial score (nSPS) is 22.8. The van der Waals surface area contributed by atoms with E-state index in [1.165, 1.54) is 12.8 Å². The largest absolute Gasteiger partial charge is 0.378 e.